The van der Waals surface area contributed by atoms with E-state index in [0.717, 1.165) is 16.7 Å². The van der Waals surface area contributed by atoms with E-state index in [1.165, 1.54) is 18.4 Å². The van der Waals surface area contributed by atoms with Crippen LogP contribution >= 0.6 is 0 Å². The molecule has 0 aliphatic heterocycles. The van der Waals surface area contributed by atoms with Crippen molar-refractivity contribution < 1.29 is 14.3 Å². The van der Waals surface area contributed by atoms with Crippen molar-refractivity contribution >= 4 is 22.6 Å². The van der Waals surface area contributed by atoms with Crippen molar-refractivity contribution in [1.29, 1.82) is 0 Å². The Morgan fingerprint density at radius 2 is 1.76 bits per heavy atom. The number of carboxylic acid groups (broad SMARTS) is 1. The molecule has 2 N–H and O–H groups in total. The van der Waals surface area contributed by atoms with Gasteiger partial charge in [0.15, 0.2) is 5.43 Å². The van der Waals surface area contributed by atoms with Crippen LogP contribution in [0.5, 0.6) is 0 Å². The summed E-state index contributed by atoms with van der Waals surface area (Å²) in [5.41, 5.74) is 5.30. The molecule has 1 saturated carbocycles. The topological polar surface area (TPSA) is 79.5 Å². The number of aromatic carboxylic acids is 1. The van der Waals surface area contributed by atoms with Crippen LogP contribution in [0.3, 0.4) is 0 Å². The average Bonchev–Trinajstić information content (AvgIpc) is 3.57. The van der Waals surface area contributed by atoms with Crippen molar-refractivity contribution in [3.05, 3.63) is 99.2 Å². The molecule has 172 valence electrons. The van der Waals surface area contributed by atoms with E-state index in [1.54, 1.807) is 30.3 Å². The minimum atomic E-state index is -0.998. The molecule has 1 heterocycles. The first kappa shape index (κ1) is 22.0. The summed E-state index contributed by atoms with van der Waals surface area (Å²) in [5, 5.41) is 13.3. The van der Waals surface area contributed by atoms with Gasteiger partial charge < -0.3 is 14.8 Å². The number of fused-ring (bicyclic) bond motifs is 1. The molecular formula is C29H27NO4. The number of hydrogen-bond donors (Lipinski definition) is 2. The Labute approximate surface area is 198 Å². The van der Waals surface area contributed by atoms with E-state index in [4.69, 9.17) is 4.42 Å². The SMILES string of the molecule is Cc1cc(C(C)Nc2ccccc2C(=O)O)c2oc(-c3ccc(C4(C)CC4)cc3)cc(=O)c2c1. The Balaban J connectivity index is 1.58. The van der Waals surface area contributed by atoms with Gasteiger partial charge in [0.2, 0.25) is 0 Å². The molecule has 0 spiro atoms. The van der Waals surface area contributed by atoms with Crippen molar-refractivity contribution in [3.8, 4) is 11.3 Å². The maximum Gasteiger partial charge on any atom is 0.337 e. The van der Waals surface area contributed by atoms with Crippen LogP contribution in [0.2, 0.25) is 0 Å². The summed E-state index contributed by atoms with van der Waals surface area (Å²) in [6, 6.07) is 20.1. The van der Waals surface area contributed by atoms with Crippen molar-refractivity contribution in [2.75, 3.05) is 5.32 Å². The van der Waals surface area contributed by atoms with Gasteiger partial charge in [-0.05, 0) is 61.4 Å². The third-order valence-corrected chi connectivity index (χ3v) is 6.86. The largest absolute Gasteiger partial charge is 0.478 e. The Morgan fingerprint density at radius 3 is 2.44 bits per heavy atom. The molecule has 0 saturated heterocycles. The molecule has 0 amide bonds. The number of carbonyl (C=O) groups is 1. The zero-order chi connectivity index (χ0) is 24.0. The standard InChI is InChI=1S/C29H27NO4/c1-17-14-22(18(2)30-24-7-5-4-6-21(24)28(32)33)27-23(15-17)25(31)16-26(34-27)19-8-10-20(11-9-19)29(3)12-13-29/h4-11,14-16,18,30H,12-13H2,1-3H3,(H,32,33). The Bertz CT molecular complexity index is 1460. The number of aryl methyl sites for hydroxylation is 1. The van der Waals surface area contributed by atoms with E-state index in [-0.39, 0.29) is 22.4 Å². The average molecular weight is 454 g/mol. The van der Waals surface area contributed by atoms with Gasteiger partial charge in [-0.15, -0.1) is 0 Å². The van der Waals surface area contributed by atoms with Crippen molar-refractivity contribution in [2.24, 2.45) is 0 Å². The number of carboxylic acids is 1. The Hall–Kier alpha value is -3.86. The van der Waals surface area contributed by atoms with E-state index >= 15 is 0 Å². The molecule has 1 fully saturated rings. The van der Waals surface area contributed by atoms with Crippen molar-refractivity contribution in [1.82, 2.24) is 0 Å². The highest BCUT2D eigenvalue weighted by Gasteiger charge is 2.38. The first-order valence-corrected chi connectivity index (χ1v) is 11.5. The van der Waals surface area contributed by atoms with Gasteiger partial charge in [0.25, 0.3) is 0 Å². The smallest absolute Gasteiger partial charge is 0.337 e. The third-order valence-electron chi connectivity index (χ3n) is 6.86. The van der Waals surface area contributed by atoms with Crippen LogP contribution in [0.4, 0.5) is 5.69 Å². The lowest BCUT2D eigenvalue weighted by atomic mass is 9.96. The highest BCUT2D eigenvalue weighted by atomic mass is 16.4. The molecule has 1 aliphatic rings. The van der Waals surface area contributed by atoms with E-state index < -0.39 is 5.97 Å². The van der Waals surface area contributed by atoms with Gasteiger partial charge in [0.1, 0.15) is 11.3 Å². The zero-order valence-electron chi connectivity index (χ0n) is 19.5. The second kappa shape index (κ2) is 8.17. The highest BCUT2D eigenvalue weighted by Crippen LogP contribution is 2.47. The minimum Gasteiger partial charge on any atom is -0.478 e. The van der Waals surface area contributed by atoms with Gasteiger partial charge in [0, 0.05) is 22.9 Å². The number of nitrogens with one attached hydrogen (secondary N) is 1. The van der Waals surface area contributed by atoms with Crippen molar-refractivity contribution in [3.63, 3.8) is 0 Å². The van der Waals surface area contributed by atoms with Gasteiger partial charge >= 0.3 is 5.97 Å². The summed E-state index contributed by atoms with van der Waals surface area (Å²) in [6.07, 6.45) is 2.41. The lowest BCUT2D eigenvalue weighted by Gasteiger charge is -2.19. The van der Waals surface area contributed by atoms with Crippen LogP contribution in [0.1, 0.15) is 59.8 Å². The number of hydrogen-bond acceptors (Lipinski definition) is 4. The fourth-order valence-electron chi connectivity index (χ4n) is 4.52. The van der Waals surface area contributed by atoms with Gasteiger partial charge in [0.05, 0.1) is 17.0 Å². The van der Waals surface area contributed by atoms with E-state index in [2.05, 4.69) is 24.4 Å². The summed E-state index contributed by atoms with van der Waals surface area (Å²) in [6.45, 7) is 6.14. The van der Waals surface area contributed by atoms with Crippen LogP contribution in [0, 0.1) is 6.92 Å². The molecule has 0 radical (unpaired) electrons. The molecule has 5 rings (SSSR count). The summed E-state index contributed by atoms with van der Waals surface area (Å²) < 4.78 is 6.34. The number of para-hydroxylation sites is 1. The molecule has 5 nitrogen and oxygen atoms in total. The lowest BCUT2D eigenvalue weighted by Crippen LogP contribution is -2.12. The second-order valence-corrected chi connectivity index (χ2v) is 9.56. The minimum absolute atomic E-state index is 0.0995. The van der Waals surface area contributed by atoms with Crippen molar-refractivity contribution in [2.45, 2.75) is 45.1 Å². The van der Waals surface area contributed by atoms with Crippen LogP contribution < -0.4 is 10.7 Å². The molecule has 4 aromatic rings. The molecule has 34 heavy (non-hydrogen) atoms. The first-order valence-electron chi connectivity index (χ1n) is 11.5. The Kier molecular flexibility index (Phi) is 5.28. The summed E-state index contributed by atoms with van der Waals surface area (Å²) in [7, 11) is 0. The normalized spacial score (nSPS) is 15.1. The van der Waals surface area contributed by atoms with Gasteiger partial charge in [-0.25, -0.2) is 4.79 Å². The summed E-state index contributed by atoms with van der Waals surface area (Å²) in [4.78, 5) is 24.7. The number of benzene rings is 3. The van der Waals surface area contributed by atoms with Crippen LogP contribution in [-0.2, 0) is 5.41 Å². The highest BCUT2D eigenvalue weighted by molar-refractivity contribution is 5.94. The Morgan fingerprint density at radius 1 is 1.06 bits per heavy atom. The molecule has 1 unspecified atom stereocenters. The van der Waals surface area contributed by atoms with Gasteiger partial charge in [-0.2, -0.15) is 0 Å². The second-order valence-electron chi connectivity index (χ2n) is 9.56. The number of anilines is 1. The summed E-state index contributed by atoms with van der Waals surface area (Å²) in [5.74, 6) is -0.477. The maximum absolute atomic E-state index is 13.1. The zero-order valence-corrected chi connectivity index (χ0v) is 19.5. The van der Waals surface area contributed by atoms with E-state index in [9.17, 15) is 14.7 Å². The maximum atomic E-state index is 13.1. The van der Waals surface area contributed by atoms with E-state index in [0.29, 0.717) is 22.4 Å². The lowest BCUT2D eigenvalue weighted by molar-refractivity contribution is 0.0698. The molecule has 1 aliphatic carbocycles. The fraction of sp³-hybridized carbons (Fsp3) is 0.241. The van der Waals surface area contributed by atoms with E-state index in [1.807, 2.05) is 38.1 Å². The first-order chi connectivity index (χ1) is 16.2. The monoisotopic (exact) mass is 453 g/mol. The predicted octanol–water partition coefficient (Wildman–Crippen LogP) is 6.69. The van der Waals surface area contributed by atoms with Crippen LogP contribution in [0.15, 0.2) is 75.9 Å². The molecule has 5 heteroatoms. The van der Waals surface area contributed by atoms with Crippen LogP contribution in [0.25, 0.3) is 22.3 Å². The quantitative estimate of drug-likeness (QED) is 0.340. The fourth-order valence-corrected chi connectivity index (χ4v) is 4.52. The molecule has 3 aromatic carbocycles. The molecular weight excluding hydrogens is 426 g/mol. The molecule has 0 bridgehead atoms. The predicted molar refractivity (Wildman–Crippen MR) is 135 cm³/mol. The molecule has 1 atom stereocenters. The summed E-state index contributed by atoms with van der Waals surface area (Å²) >= 11 is 0. The molecule has 1 aromatic heterocycles. The van der Waals surface area contributed by atoms with Crippen LogP contribution in [-0.4, -0.2) is 11.1 Å². The van der Waals surface area contributed by atoms with Gasteiger partial charge in [-0.3, -0.25) is 4.79 Å². The third kappa shape index (κ3) is 3.98. The van der Waals surface area contributed by atoms with Gasteiger partial charge in [-0.1, -0.05) is 49.4 Å². The number of rotatable bonds is 6.